The highest BCUT2D eigenvalue weighted by molar-refractivity contribution is 7.20. The number of hydrogen-bond donors (Lipinski definition) is 1. The maximum absolute atomic E-state index is 12.3. The Bertz CT molecular complexity index is 971. The number of nitrogens with zero attached hydrogens (tertiary/aromatic N) is 5. The summed E-state index contributed by atoms with van der Waals surface area (Å²) in [5.74, 6) is 1.83. The van der Waals surface area contributed by atoms with Gasteiger partial charge in [0, 0.05) is 6.54 Å². The third-order valence-electron chi connectivity index (χ3n) is 4.49. The fourth-order valence-corrected chi connectivity index (χ4v) is 4.39. The van der Waals surface area contributed by atoms with E-state index in [1.807, 2.05) is 13.8 Å². The molecule has 3 aromatic rings. The van der Waals surface area contributed by atoms with Gasteiger partial charge in [-0.05, 0) is 26.3 Å². The van der Waals surface area contributed by atoms with Crippen molar-refractivity contribution in [2.75, 3.05) is 31.3 Å². The van der Waals surface area contributed by atoms with Crippen LogP contribution in [0.1, 0.15) is 39.8 Å². The number of aryl methyl sites for hydroxylation is 2. The van der Waals surface area contributed by atoms with Gasteiger partial charge in [-0.1, -0.05) is 0 Å². The second-order valence-electron chi connectivity index (χ2n) is 6.21. The molecular weight excluding hydrogens is 368 g/mol. The molecule has 1 unspecified atom stereocenters. The van der Waals surface area contributed by atoms with Gasteiger partial charge in [-0.3, -0.25) is 5.10 Å². The molecule has 0 amide bonds. The lowest BCUT2D eigenvalue weighted by molar-refractivity contribution is 0.0531. The number of carbonyl (C=O) groups excluding carboxylic acids is 1. The van der Waals surface area contributed by atoms with Gasteiger partial charge >= 0.3 is 5.97 Å². The van der Waals surface area contributed by atoms with Crippen molar-refractivity contribution in [2.24, 2.45) is 0 Å². The second-order valence-corrected chi connectivity index (χ2v) is 7.21. The molecule has 1 aliphatic rings. The van der Waals surface area contributed by atoms with Crippen molar-refractivity contribution in [3.05, 3.63) is 28.4 Å². The molecule has 1 aliphatic heterocycles. The molecule has 0 bridgehead atoms. The minimum Gasteiger partial charge on any atom is -0.462 e. The largest absolute Gasteiger partial charge is 0.462 e. The molecule has 9 nitrogen and oxygen atoms in total. The summed E-state index contributed by atoms with van der Waals surface area (Å²) in [6.45, 7) is 7.62. The van der Waals surface area contributed by atoms with Crippen LogP contribution in [0.15, 0.2) is 6.33 Å². The van der Waals surface area contributed by atoms with Crippen LogP contribution in [-0.4, -0.2) is 57.5 Å². The van der Waals surface area contributed by atoms with Crippen molar-refractivity contribution in [1.29, 1.82) is 0 Å². The van der Waals surface area contributed by atoms with E-state index >= 15 is 0 Å². The lowest BCUT2D eigenvalue weighted by Crippen LogP contribution is -2.41. The number of rotatable bonds is 4. The van der Waals surface area contributed by atoms with E-state index in [2.05, 4.69) is 25.1 Å². The van der Waals surface area contributed by atoms with Crippen molar-refractivity contribution in [3.8, 4) is 0 Å². The van der Waals surface area contributed by atoms with Crippen LogP contribution in [0.25, 0.3) is 10.2 Å². The number of nitrogens with one attached hydrogen (secondary N) is 1. The quantitative estimate of drug-likeness (QED) is 0.678. The predicted molar refractivity (Wildman–Crippen MR) is 100 cm³/mol. The lowest BCUT2D eigenvalue weighted by Gasteiger charge is -2.35. The van der Waals surface area contributed by atoms with Crippen LogP contribution >= 0.6 is 11.3 Å². The summed E-state index contributed by atoms with van der Waals surface area (Å²) in [4.78, 5) is 29.4. The van der Waals surface area contributed by atoms with Crippen LogP contribution in [0.5, 0.6) is 0 Å². The summed E-state index contributed by atoms with van der Waals surface area (Å²) in [6.07, 6.45) is 1.48. The third-order valence-corrected chi connectivity index (χ3v) is 5.66. The zero-order valence-electron chi connectivity index (χ0n) is 15.4. The first-order valence-corrected chi connectivity index (χ1v) is 9.56. The van der Waals surface area contributed by atoms with E-state index in [-0.39, 0.29) is 12.0 Å². The Morgan fingerprint density at radius 2 is 2.30 bits per heavy atom. The Labute approximate surface area is 159 Å². The number of morpholine rings is 1. The Hall–Kier alpha value is -2.59. The first-order chi connectivity index (χ1) is 13.1. The van der Waals surface area contributed by atoms with Crippen molar-refractivity contribution in [3.63, 3.8) is 0 Å². The van der Waals surface area contributed by atoms with Crippen LogP contribution in [0.2, 0.25) is 0 Å². The number of H-pyrrole nitrogens is 1. The molecule has 1 saturated heterocycles. The molecule has 4 heterocycles. The molecule has 0 spiro atoms. The number of carbonyl (C=O) groups is 1. The Balaban J connectivity index is 1.86. The average Bonchev–Trinajstić information content (AvgIpc) is 3.30. The molecule has 10 heteroatoms. The van der Waals surface area contributed by atoms with Crippen molar-refractivity contribution in [2.45, 2.75) is 26.8 Å². The fourth-order valence-electron chi connectivity index (χ4n) is 3.28. The van der Waals surface area contributed by atoms with E-state index in [1.165, 1.54) is 17.7 Å². The molecule has 4 rings (SSSR count). The van der Waals surface area contributed by atoms with E-state index in [4.69, 9.17) is 14.5 Å². The van der Waals surface area contributed by atoms with Crippen LogP contribution in [0.3, 0.4) is 0 Å². The second kappa shape index (κ2) is 7.20. The van der Waals surface area contributed by atoms with Crippen LogP contribution in [0, 0.1) is 13.8 Å². The minimum atomic E-state index is -0.324. The molecule has 1 fully saturated rings. The van der Waals surface area contributed by atoms with Gasteiger partial charge in [0.1, 0.15) is 39.5 Å². The van der Waals surface area contributed by atoms with Gasteiger partial charge in [0.2, 0.25) is 0 Å². The minimum absolute atomic E-state index is 0.135. The first-order valence-electron chi connectivity index (χ1n) is 8.74. The number of aromatic amines is 1. The molecule has 1 atom stereocenters. The van der Waals surface area contributed by atoms with Gasteiger partial charge < -0.3 is 14.4 Å². The normalized spacial score (nSPS) is 17.4. The summed E-state index contributed by atoms with van der Waals surface area (Å²) >= 11 is 1.34. The van der Waals surface area contributed by atoms with E-state index in [0.29, 0.717) is 37.1 Å². The third kappa shape index (κ3) is 3.15. The SMILES string of the molecule is CCOC(=O)c1sc2nc(C)nc(N3CCOCC3c3ncn[nH]3)c2c1C. The number of fused-ring (bicyclic) bond motifs is 1. The Kier molecular flexibility index (Phi) is 4.75. The average molecular weight is 388 g/mol. The zero-order valence-corrected chi connectivity index (χ0v) is 16.2. The van der Waals surface area contributed by atoms with E-state index < -0.39 is 0 Å². The number of aromatic nitrogens is 5. The highest BCUT2D eigenvalue weighted by Crippen LogP contribution is 2.38. The zero-order chi connectivity index (χ0) is 19.0. The van der Waals surface area contributed by atoms with Crippen molar-refractivity contribution < 1.29 is 14.3 Å². The van der Waals surface area contributed by atoms with E-state index in [0.717, 1.165) is 27.4 Å². The number of esters is 1. The maximum Gasteiger partial charge on any atom is 0.348 e. The maximum atomic E-state index is 12.3. The number of hydrogen-bond acceptors (Lipinski definition) is 9. The molecule has 0 aliphatic carbocycles. The highest BCUT2D eigenvalue weighted by atomic mass is 32.1. The number of ether oxygens (including phenoxy) is 2. The van der Waals surface area contributed by atoms with Crippen LogP contribution in [0.4, 0.5) is 5.82 Å². The molecule has 0 saturated carbocycles. The molecule has 1 N–H and O–H groups in total. The van der Waals surface area contributed by atoms with Gasteiger partial charge in [0.05, 0.1) is 25.2 Å². The molecular formula is C17H20N6O3S. The first kappa shape index (κ1) is 17.8. The fraction of sp³-hybridized carbons (Fsp3) is 0.471. The summed E-state index contributed by atoms with van der Waals surface area (Å²) in [6, 6.07) is -0.135. The molecule has 142 valence electrons. The monoisotopic (exact) mass is 388 g/mol. The lowest BCUT2D eigenvalue weighted by atomic mass is 10.1. The van der Waals surface area contributed by atoms with Gasteiger partial charge in [0.25, 0.3) is 0 Å². The van der Waals surface area contributed by atoms with Gasteiger partial charge in [0.15, 0.2) is 0 Å². The summed E-state index contributed by atoms with van der Waals surface area (Å²) < 4.78 is 10.9. The summed E-state index contributed by atoms with van der Waals surface area (Å²) in [5, 5.41) is 7.76. The van der Waals surface area contributed by atoms with Gasteiger partial charge in [-0.2, -0.15) is 5.10 Å². The highest BCUT2D eigenvalue weighted by Gasteiger charge is 2.31. The number of thiophene rings is 1. The molecule has 27 heavy (non-hydrogen) atoms. The standard InChI is InChI=1S/C17H20N6O3S/c1-4-26-17(24)13-9(2)12-15(20-10(3)21-16(12)27-13)23-5-6-25-7-11(23)14-18-8-19-22-14/h8,11H,4-7H2,1-3H3,(H,18,19,22). The van der Waals surface area contributed by atoms with Crippen molar-refractivity contribution in [1.82, 2.24) is 25.1 Å². The Morgan fingerprint density at radius 3 is 3.04 bits per heavy atom. The van der Waals surface area contributed by atoms with E-state index in [1.54, 1.807) is 6.92 Å². The van der Waals surface area contributed by atoms with E-state index in [9.17, 15) is 4.79 Å². The molecule has 0 radical (unpaired) electrons. The van der Waals surface area contributed by atoms with Gasteiger partial charge in [-0.15, -0.1) is 11.3 Å². The Morgan fingerprint density at radius 1 is 1.44 bits per heavy atom. The summed E-state index contributed by atoms with van der Waals surface area (Å²) in [5.41, 5.74) is 0.839. The molecule has 0 aromatic carbocycles. The van der Waals surface area contributed by atoms with Crippen LogP contribution < -0.4 is 4.90 Å². The topological polar surface area (TPSA) is 106 Å². The molecule has 3 aromatic heterocycles. The van der Waals surface area contributed by atoms with Crippen molar-refractivity contribution >= 4 is 33.3 Å². The predicted octanol–water partition coefficient (Wildman–Crippen LogP) is 2.18. The smallest absolute Gasteiger partial charge is 0.348 e. The van der Waals surface area contributed by atoms with Crippen LogP contribution in [-0.2, 0) is 9.47 Å². The number of anilines is 1. The van der Waals surface area contributed by atoms with Gasteiger partial charge in [-0.25, -0.2) is 19.7 Å². The summed E-state index contributed by atoms with van der Waals surface area (Å²) in [7, 11) is 0.